The number of piperidine rings is 1. The van der Waals surface area contributed by atoms with Crippen molar-refractivity contribution in [1.29, 1.82) is 0 Å². The molecular formula is C24H30FN3O3. The molecule has 1 fully saturated rings. The van der Waals surface area contributed by atoms with Gasteiger partial charge in [0.05, 0.1) is 11.3 Å². The largest absolute Gasteiger partial charge is 0.444 e. The highest BCUT2D eigenvalue weighted by Crippen LogP contribution is 2.26. The van der Waals surface area contributed by atoms with Crippen molar-refractivity contribution in [2.45, 2.75) is 51.8 Å². The highest BCUT2D eigenvalue weighted by atomic mass is 19.1. The van der Waals surface area contributed by atoms with Gasteiger partial charge in [0.15, 0.2) is 0 Å². The number of carbonyl (C=O) groups is 2. The van der Waals surface area contributed by atoms with E-state index in [4.69, 9.17) is 4.74 Å². The Kier molecular flexibility index (Phi) is 7.28. The zero-order valence-electron chi connectivity index (χ0n) is 18.3. The molecule has 1 aliphatic rings. The molecule has 7 heteroatoms. The molecule has 0 unspecified atom stereocenters. The van der Waals surface area contributed by atoms with E-state index in [-0.39, 0.29) is 23.2 Å². The van der Waals surface area contributed by atoms with Crippen LogP contribution in [-0.2, 0) is 11.3 Å². The number of para-hydroxylation sites is 1. The summed E-state index contributed by atoms with van der Waals surface area (Å²) < 4.78 is 19.9. The number of anilines is 1. The fourth-order valence-corrected chi connectivity index (χ4v) is 3.65. The van der Waals surface area contributed by atoms with Crippen LogP contribution >= 0.6 is 0 Å². The minimum Gasteiger partial charge on any atom is -0.444 e. The summed E-state index contributed by atoms with van der Waals surface area (Å²) in [6.07, 6.45) is 0.814. The summed E-state index contributed by atoms with van der Waals surface area (Å²) in [6, 6.07) is 14.0. The fraction of sp³-hybridized carbons (Fsp3) is 0.417. The van der Waals surface area contributed by atoms with E-state index >= 15 is 0 Å². The SMILES string of the molecule is CC(C)(C)OC(=O)Nc1c(F)cccc1C(=O)N(Cc1ccccc1)C1CCNCC1. The van der Waals surface area contributed by atoms with Crippen molar-refractivity contribution in [3.8, 4) is 0 Å². The van der Waals surface area contributed by atoms with Gasteiger partial charge in [0.1, 0.15) is 11.4 Å². The lowest BCUT2D eigenvalue weighted by atomic mass is 10.0. The van der Waals surface area contributed by atoms with Crippen LogP contribution in [0.5, 0.6) is 0 Å². The second-order valence-corrected chi connectivity index (χ2v) is 8.69. The summed E-state index contributed by atoms with van der Waals surface area (Å²) in [5.41, 5.74) is 0.204. The predicted octanol–water partition coefficient (Wildman–Crippen LogP) is 4.57. The molecule has 166 valence electrons. The molecule has 0 spiro atoms. The molecule has 1 saturated heterocycles. The minimum absolute atomic E-state index is 0.0200. The lowest BCUT2D eigenvalue weighted by Crippen LogP contribution is -2.46. The molecule has 0 radical (unpaired) electrons. The number of benzene rings is 2. The van der Waals surface area contributed by atoms with E-state index in [2.05, 4.69) is 10.6 Å². The van der Waals surface area contributed by atoms with Crippen LogP contribution in [0.3, 0.4) is 0 Å². The van der Waals surface area contributed by atoms with Crippen molar-refractivity contribution < 1.29 is 18.7 Å². The second kappa shape index (κ2) is 9.92. The Hall–Kier alpha value is -2.93. The first-order chi connectivity index (χ1) is 14.7. The molecule has 1 aliphatic heterocycles. The van der Waals surface area contributed by atoms with Gasteiger partial charge in [-0.3, -0.25) is 10.1 Å². The predicted molar refractivity (Wildman–Crippen MR) is 118 cm³/mol. The number of nitrogens with one attached hydrogen (secondary N) is 2. The van der Waals surface area contributed by atoms with Crippen molar-refractivity contribution >= 4 is 17.7 Å². The number of hydrogen-bond donors (Lipinski definition) is 2. The summed E-state index contributed by atoms with van der Waals surface area (Å²) in [6.45, 7) is 7.20. The lowest BCUT2D eigenvalue weighted by molar-refractivity contribution is 0.0623. The van der Waals surface area contributed by atoms with Gasteiger partial charge in [-0.25, -0.2) is 9.18 Å². The molecule has 0 saturated carbocycles. The first-order valence-electron chi connectivity index (χ1n) is 10.6. The molecule has 2 N–H and O–H groups in total. The van der Waals surface area contributed by atoms with Crippen molar-refractivity contribution in [1.82, 2.24) is 10.2 Å². The molecule has 0 aromatic heterocycles. The molecule has 2 amide bonds. The van der Waals surface area contributed by atoms with E-state index in [1.807, 2.05) is 30.3 Å². The van der Waals surface area contributed by atoms with E-state index < -0.39 is 17.5 Å². The summed E-state index contributed by atoms with van der Waals surface area (Å²) in [7, 11) is 0. The van der Waals surface area contributed by atoms with Crippen molar-refractivity contribution in [2.24, 2.45) is 0 Å². The van der Waals surface area contributed by atoms with Gasteiger partial charge in [0, 0.05) is 12.6 Å². The third-order valence-electron chi connectivity index (χ3n) is 5.08. The number of ether oxygens (including phenoxy) is 1. The zero-order valence-corrected chi connectivity index (χ0v) is 18.3. The molecule has 2 aromatic rings. The van der Waals surface area contributed by atoms with Gasteiger partial charge in [0.2, 0.25) is 0 Å². The van der Waals surface area contributed by atoms with Gasteiger partial charge in [-0.2, -0.15) is 0 Å². The Morgan fingerprint density at radius 2 is 1.77 bits per heavy atom. The zero-order chi connectivity index (χ0) is 22.4. The van der Waals surface area contributed by atoms with Crippen LogP contribution in [0.15, 0.2) is 48.5 Å². The van der Waals surface area contributed by atoms with Crippen LogP contribution in [0.1, 0.15) is 49.5 Å². The Balaban J connectivity index is 1.91. The molecule has 3 rings (SSSR count). The van der Waals surface area contributed by atoms with Gasteiger partial charge in [0.25, 0.3) is 5.91 Å². The van der Waals surface area contributed by atoms with Crippen molar-refractivity contribution in [3.63, 3.8) is 0 Å². The topological polar surface area (TPSA) is 70.7 Å². The van der Waals surface area contributed by atoms with Gasteiger partial charge in [-0.05, 0) is 64.4 Å². The molecular weight excluding hydrogens is 397 g/mol. The monoisotopic (exact) mass is 427 g/mol. The molecule has 31 heavy (non-hydrogen) atoms. The van der Waals surface area contributed by atoms with Crippen LogP contribution in [0, 0.1) is 5.82 Å². The highest BCUT2D eigenvalue weighted by Gasteiger charge is 2.29. The number of nitrogens with zero attached hydrogens (tertiary/aromatic N) is 1. The maximum absolute atomic E-state index is 14.7. The first kappa shape index (κ1) is 22.7. The maximum atomic E-state index is 14.7. The van der Waals surface area contributed by atoms with Gasteiger partial charge in [-0.1, -0.05) is 36.4 Å². The van der Waals surface area contributed by atoms with E-state index in [1.54, 1.807) is 25.7 Å². The smallest absolute Gasteiger partial charge is 0.412 e. The highest BCUT2D eigenvalue weighted by molar-refractivity contribution is 6.03. The molecule has 0 bridgehead atoms. The quantitative estimate of drug-likeness (QED) is 0.734. The normalized spacial score (nSPS) is 14.7. The minimum atomic E-state index is -0.803. The third kappa shape index (κ3) is 6.28. The van der Waals surface area contributed by atoms with Gasteiger partial charge >= 0.3 is 6.09 Å². The van der Waals surface area contributed by atoms with Crippen molar-refractivity contribution in [2.75, 3.05) is 18.4 Å². The van der Waals surface area contributed by atoms with Gasteiger partial charge in [-0.15, -0.1) is 0 Å². The number of halogens is 1. The average molecular weight is 428 g/mol. The molecule has 0 aliphatic carbocycles. The molecule has 6 nitrogen and oxygen atoms in total. The van der Waals surface area contributed by atoms with Crippen LogP contribution < -0.4 is 10.6 Å². The summed E-state index contributed by atoms with van der Waals surface area (Å²) in [5, 5.41) is 5.75. The summed E-state index contributed by atoms with van der Waals surface area (Å²) in [4.78, 5) is 27.7. The first-order valence-corrected chi connectivity index (χ1v) is 10.6. The second-order valence-electron chi connectivity index (χ2n) is 8.69. The van der Waals surface area contributed by atoms with E-state index in [9.17, 15) is 14.0 Å². The van der Waals surface area contributed by atoms with Crippen LogP contribution in [0.4, 0.5) is 14.9 Å². The Labute approximate surface area is 182 Å². The number of carbonyl (C=O) groups excluding carboxylic acids is 2. The van der Waals surface area contributed by atoms with Crippen LogP contribution in [-0.4, -0.2) is 41.6 Å². The summed E-state index contributed by atoms with van der Waals surface area (Å²) >= 11 is 0. The van der Waals surface area contributed by atoms with E-state index in [0.717, 1.165) is 31.5 Å². The Morgan fingerprint density at radius 3 is 2.42 bits per heavy atom. The number of hydrogen-bond acceptors (Lipinski definition) is 4. The maximum Gasteiger partial charge on any atom is 0.412 e. The van der Waals surface area contributed by atoms with Gasteiger partial charge < -0.3 is 15.0 Å². The fourth-order valence-electron chi connectivity index (χ4n) is 3.65. The molecule has 1 heterocycles. The van der Waals surface area contributed by atoms with Crippen molar-refractivity contribution in [3.05, 3.63) is 65.5 Å². The number of amides is 2. The average Bonchev–Trinajstić information content (AvgIpc) is 2.73. The standard InChI is InChI=1S/C24H30FN3O3/c1-24(2,3)31-23(30)27-21-19(10-7-11-20(21)25)22(29)28(18-12-14-26-15-13-18)16-17-8-5-4-6-9-17/h4-11,18,26H,12-16H2,1-3H3,(H,27,30). The van der Waals surface area contributed by atoms with Crippen LogP contribution in [0.2, 0.25) is 0 Å². The Morgan fingerprint density at radius 1 is 1.10 bits per heavy atom. The lowest BCUT2D eigenvalue weighted by Gasteiger charge is -2.35. The molecule has 0 atom stereocenters. The summed E-state index contributed by atoms with van der Waals surface area (Å²) in [5.74, 6) is -0.997. The van der Waals surface area contributed by atoms with Crippen LogP contribution in [0.25, 0.3) is 0 Å². The number of rotatable bonds is 5. The molecule has 2 aromatic carbocycles. The third-order valence-corrected chi connectivity index (χ3v) is 5.08. The van der Waals surface area contributed by atoms with E-state index in [1.165, 1.54) is 18.2 Å². The Bertz CT molecular complexity index is 906. The van der Waals surface area contributed by atoms with E-state index in [0.29, 0.717) is 6.54 Å².